The zero-order chi connectivity index (χ0) is 24.6. The SMILES string of the molecule is Nc1ncc(-c2ccc(N3CCN(CC(F)(F)F)CC3)cc2)cc1-c1ccc2c(c1)CCNC2=O. The molecule has 6 nitrogen and oxygen atoms in total. The lowest BCUT2D eigenvalue weighted by Gasteiger charge is -2.36. The highest BCUT2D eigenvalue weighted by Gasteiger charge is 2.32. The van der Waals surface area contributed by atoms with Crippen LogP contribution in [0.5, 0.6) is 0 Å². The molecule has 2 aromatic carbocycles. The first-order chi connectivity index (χ1) is 16.8. The number of benzene rings is 2. The number of fused-ring (bicyclic) bond motifs is 1. The van der Waals surface area contributed by atoms with Crippen molar-refractivity contribution in [2.75, 3.05) is 49.9 Å². The van der Waals surface area contributed by atoms with Crippen molar-refractivity contribution in [3.63, 3.8) is 0 Å². The number of rotatable bonds is 4. The van der Waals surface area contributed by atoms with E-state index in [4.69, 9.17) is 5.73 Å². The number of nitrogen functional groups attached to an aromatic ring is 1. The minimum Gasteiger partial charge on any atom is -0.383 e. The van der Waals surface area contributed by atoms with Crippen molar-refractivity contribution in [1.82, 2.24) is 15.2 Å². The zero-order valence-corrected chi connectivity index (χ0v) is 19.1. The van der Waals surface area contributed by atoms with E-state index in [-0.39, 0.29) is 5.91 Å². The molecule has 9 heteroatoms. The molecule has 0 spiro atoms. The highest BCUT2D eigenvalue weighted by molar-refractivity contribution is 5.97. The van der Waals surface area contributed by atoms with Crippen molar-refractivity contribution >= 4 is 17.4 Å². The number of nitrogens with two attached hydrogens (primary N) is 1. The molecule has 1 saturated heterocycles. The van der Waals surface area contributed by atoms with Crippen molar-refractivity contribution < 1.29 is 18.0 Å². The molecule has 5 rings (SSSR count). The Bertz CT molecular complexity index is 1230. The molecule has 0 atom stereocenters. The van der Waals surface area contributed by atoms with Gasteiger partial charge >= 0.3 is 6.18 Å². The van der Waals surface area contributed by atoms with Gasteiger partial charge in [0, 0.05) is 61.3 Å². The molecule has 0 bridgehead atoms. The average molecular weight is 482 g/mol. The average Bonchev–Trinajstić information content (AvgIpc) is 2.84. The van der Waals surface area contributed by atoms with Crippen molar-refractivity contribution in [2.45, 2.75) is 12.6 Å². The third-order valence-corrected chi connectivity index (χ3v) is 6.60. The largest absolute Gasteiger partial charge is 0.401 e. The molecule has 3 heterocycles. The van der Waals surface area contributed by atoms with Gasteiger partial charge in [0.2, 0.25) is 0 Å². The smallest absolute Gasteiger partial charge is 0.383 e. The Balaban J connectivity index is 1.33. The van der Waals surface area contributed by atoms with Gasteiger partial charge in [-0.2, -0.15) is 13.2 Å². The van der Waals surface area contributed by atoms with E-state index in [2.05, 4.69) is 15.2 Å². The zero-order valence-electron chi connectivity index (χ0n) is 19.1. The number of carbonyl (C=O) groups excluding carboxylic acids is 1. The molecule has 0 saturated carbocycles. The summed E-state index contributed by atoms with van der Waals surface area (Å²) >= 11 is 0. The second-order valence-electron chi connectivity index (χ2n) is 8.96. The van der Waals surface area contributed by atoms with Gasteiger partial charge in [0.15, 0.2) is 0 Å². The third-order valence-electron chi connectivity index (χ3n) is 6.60. The first kappa shape index (κ1) is 23.2. The number of alkyl halides is 3. The maximum atomic E-state index is 12.6. The fraction of sp³-hybridized carbons (Fsp3) is 0.308. The molecule has 3 aromatic rings. The molecule has 2 aliphatic heterocycles. The number of aromatic nitrogens is 1. The Labute approximate surface area is 201 Å². The van der Waals surface area contributed by atoms with E-state index in [9.17, 15) is 18.0 Å². The van der Waals surface area contributed by atoms with Crippen molar-refractivity contribution in [3.05, 3.63) is 65.9 Å². The molecule has 0 radical (unpaired) electrons. The van der Waals surface area contributed by atoms with Gasteiger partial charge in [-0.25, -0.2) is 4.98 Å². The molecule has 182 valence electrons. The number of halogens is 3. The van der Waals surface area contributed by atoms with Gasteiger partial charge in [0.25, 0.3) is 5.91 Å². The van der Waals surface area contributed by atoms with Crippen LogP contribution in [-0.4, -0.2) is 61.2 Å². The number of nitrogens with zero attached hydrogens (tertiary/aromatic N) is 3. The lowest BCUT2D eigenvalue weighted by atomic mass is 9.94. The van der Waals surface area contributed by atoms with Crippen LogP contribution >= 0.6 is 0 Å². The summed E-state index contributed by atoms with van der Waals surface area (Å²) in [5.74, 6) is 0.363. The number of amides is 1. The summed E-state index contributed by atoms with van der Waals surface area (Å²) in [6.45, 7) is 1.64. The topological polar surface area (TPSA) is 74.5 Å². The Hall–Kier alpha value is -3.59. The van der Waals surface area contributed by atoms with Crippen LogP contribution < -0.4 is 16.0 Å². The minimum atomic E-state index is -4.16. The van der Waals surface area contributed by atoms with Crippen LogP contribution in [0.25, 0.3) is 22.3 Å². The quantitative estimate of drug-likeness (QED) is 0.590. The lowest BCUT2D eigenvalue weighted by Crippen LogP contribution is -2.49. The van der Waals surface area contributed by atoms with E-state index >= 15 is 0 Å². The molecular formula is C26H26F3N5O. The fourth-order valence-electron chi connectivity index (χ4n) is 4.74. The van der Waals surface area contributed by atoms with Crippen LogP contribution in [0.3, 0.4) is 0 Å². The number of nitrogens with one attached hydrogen (secondary N) is 1. The summed E-state index contributed by atoms with van der Waals surface area (Å²) in [5.41, 5.74) is 12.5. The molecule has 35 heavy (non-hydrogen) atoms. The van der Waals surface area contributed by atoms with Crippen LogP contribution in [0.2, 0.25) is 0 Å². The normalized spacial score (nSPS) is 16.7. The van der Waals surface area contributed by atoms with E-state index in [1.807, 2.05) is 48.5 Å². The van der Waals surface area contributed by atoms with E-state index in [1.54, 1.807) is 6.20 Å². The Morgan fingerprint density at radius 1 is 0.914 bits per heavy atom. The second kappa shape index (κ2) is 9.22. The van der Waals surface area contributed by atoms with Gasteiger partial charge in [-0.15, -0.1) is 0 Å². The molecule has 2 aliphatic rings. The van der Waals surface area contributed by atoms with E-state index < -0.39 is 12.7 Å². The molecular weight excluding hydrogens is 455 g/mol. The number of carbonyl (C=O) groups is 1. The summed E-state index contributed by atoms with van der Waals surface area (Å²) in [7, 11) is 0. The van der Waals surface area contributed by atoms with Gasteiger partial charge in [-0.1, -0.05) is 24.3 Å². The van der Waals surface area contributed by atoms with Crippen LogP contribution in [-0.2, 0) is 6.42 Å². The summed E-state index contributed by atoms with van der Waals surface area (Å²) < 4.78 is 37.9. The highest BCUT2D eigenvalue weighted by Crippen LogP contribution is 2.32. The summed E-state index contributed by atoms with van der Waals surface area (Å²) in [6.07, 6.45) is -1.66. The monoisotopic (exact) mass is 481 g/mol. The van der Waals surface area contributed by atoms with Crippen molar-refractivity contribution in [3.8, 4) is 22.3 Å². The molecule has 1 aromatic heterocycles. The van der Waals surface area contributed by atoms with Gasteiger partial charge in [-0.3, -0.25) is 9.69 Å². The van der Waals surface area contributed by atoms with Crippen LogP contribution in [0.4, 0.5) is 24.7 Å². The number of hydrogen-bond acceptors (Lipinski definition) is 5. The summed E-state index contributed by atoms with van der Waals surface area (Å²) in [6, 6.07) is 15.7. The van der Waals surface area contributed by atoms with Crippen LogP contribution in [0.15, 0.2) is 54.7 Å². The molecule has 1 amide bonds. The Morgan fingerprint density at radius 3 is 2.34 bits per heavy atom. The van der Waals surface area contributed by atoms with E-state index in [0.717, 1.165) is 39.9 Å². The van der Waals surface area contributed by atoms with Crippen LogP contribution in [0.1, 0.15) is 15.9 Å². The molecule has 1 fully saturated rings. The van der Waals surface area contributed by atoms with Gasteiger partial charge in [0.1, 0.15) is 5.82 Å². The van der Waals surface area contributed by atoms with Gasteiger partial charge in [0.05, 0.1) is 6.54 Å². The number of piperazine rings is 1. The maximum Gasteiger partial charge on any atom is 0.401 e. The number of anilines is 2. The molecule has 3 N–H and O–H groups in total. The molecule has 0 unspecified atom stereocenters. The molecule has 0 aliphatic carbocycles. The Morgan fingerprint density at radius 2 is 1.63 bits per heavy atom. The Kier molecular flexibility index (Phi) is 6.10. The predicted molar refractivity (Wildman–Crippen MR) is 130 cm³/mol. The summed E-state index contributed by atoms with van der Waals surface area (Å²) in [4.78, 5) is 20.0. The van der Waals surface area contributed by atoms with Crippen molar-refractivity contribution in [1.29, 1.82) is 0 Å². The fourth-order valence-corrected chi connectivity index (χ4v) is 4.74. The minimum absolute atomic E-state index is 0.0560. The van der Waals surface area contributed by atoms with Crippen LogP contribution in [0, 0.1) is 0 Å². The van der Waals surface area contributed by atoms with E-state index in [1.165, 1.54) is 4.90 Å². The van der Waals surface area contributed by atoms with Gasteiger partial charge < -0.3 is 16.0 Å². The lowest BCUT2D eigenvalue weighted by molar-refractivity contribution is -0.146. The number of pyridine rings is 1. The third kappa shape index (κ3) is 5.09. The van der Waals surface area contributed by atoms with E-state index in [0.29, 0.717) is 44.1 Å². The predicted octanol–water partition coefficient (Wildman–Crippen LogP) is 3.97. The first-order valence-corrected chi connectivity index (χ1v) is 11.6. The first-order valence-electron chi connectivity index (χ1n) is 11.6. The maximum absolute atomic E-state index is 12.6. The highest BCUT2D eigenvalue weighted by atomic mass is 19.4. The summed E-state index contributed by atoms with van der Waals surface area (Å²) in [5, 5.41) is 2.85. The van der Waals surface area contributed by atoms with Gasteiger partial charge in [-0.05, 0) is 47.4 Å². The van der Waals surface area contributed by atoms with Crippen molar-refractivity contribution in [2.24, 2.45) is 0 Å². The second-order valence-corrected chi connectivity index (χ2v) is 8.96. The standard InChI is InChI=1S/C26H26F3N5O/c27-26(28,29)16-33-9-11-34(12-10-33)21-4-1-17(2-5-21)20-14-23(24(30)32-15-20)18-3-6-22-19(13-18)7-8-31-25(22)35/h1-6,13-15H,7-12,16H2,(H2,30,32)(H,31,35). The number of hydrogen-bond donors (Lipinski definition) is 2.